The highest BCUT2D eigenvalue weighted by atomic mass is 32.1. The Morgan fingerprint density at radius 1 is 1.33 bits per heavy atom. The Morgan fingerprint density at radius 2 is 1.97 bits per heavy atom. The van der Waals surface area contributed by atoms with Gasteiger partial charge in [-0.1, -0.05) is 19.9 Å². The third-order valence-corrected chi connectivity index (χ3v) is 6.67. The summed E-state index contributed by atoms with van der Waals surface area (Å²) < 4.78 is 38.6. The minimum Gasteiger partial charge on any atom is -0.376 e. The van der Waals surface area contributed by atoms with Gasteiger partial charge in [-0.05, 0) is 78.4 Å². The average molecular weight is 438 g/mol. The van der Waals surface area contributed by atoms with Crippen LogP contribution >= 0.6 is 12.2 Å². The summed E-state index contributed by atoms with van der Waals surface area (Å²) in [5.74, 6) is -0.355. The Labute approximate surface area is 180 Å². The van der Waals surface area contributed by atoms with E-state index in [4.69, 9.17) is 18.0 Å². The van der Waals surface area contributed by atoms with Crippen molar-refractivity contribution in [3.63, 3.8) is 0 Å². The maximum Gasteiger partial charge on any atom is 0.390 e. The zero-order chi connectivity index (χ0) is 22.3. The third-order valence-electron chi connectivity index (χ3n) is 6.45. The molecule has 0 aromatic heterocycles. The van der Waals surface area contributed by atoms with Gasteiger partial charge in [0, 0.05) is 6.54 Å². The van der Waals surface area contributed by atoms with Crippen molar-refractivity contribution < 1.29 is 18.0 Å². The zero-order valence-electron chi connectivity index (χ0n) is 17.1. The van der Waals surface area contributed by atoms with Gasteiger partial charge in [-0.2, -0.15) is 18.4 Å². The molecule has 8 heteroatoms. The van der Waals surface area contributed by atoms with Gasteiger partial charge in [0.2, 0.25) is 5.91 Å². The Kier molecular flexibility index (Phi) is 6.15. The predicted octanol–water partition coefficient (Wildman–Crippen LogP) is 4.67. The van der Waals surface area contributed by atoms with Gasteiger partial charge < -0.3 is 5.73 Å². The van der Waals surface area contributed by atoms with Gasteiger partial charge in [0.1, 0.15) is 0 Å². The number of hydrogen-bond acceptors (Lipinski definition) is 3. The maximum absolute atomic E-state index is 13.7. The monoisotopic (exact) mass is 437 g/mol. The molecule has 0 aliphatic heterocycles. The fourth-order valence-electron chi connectivity index (χ4n) is 5.73. The van der Waals surface area contributed by atoms with Crippen LogP contribution in [0.3, 0.4) is 0 Å². The highest BCUT2D eigenvalue weighted by molar-refractivity contribution is 7.80. The van der Waals surface area contributed by atoms with Gasteiger partial charge in [-0.25, -0.2) is 0 Å². The van der Waals surface area contributed by atoms with E-state index in [1.54, 1.807) is 12.1 Å². The number of carbonyl (C=O) groups is 1. The Morgan fingerprint density at radius 3 is 2.50 bits per heavy atom. The molecule has 2 N–H and O–H groups in total. The Bertz CT molecular complexity index is 883. The van der Waals surface area contributed by atoms with Crippen LogP contribution in [-0.4, -0.2) is 28.6 Å². The first-order valence-corrected chi connectivity index (χ1v) is 10.6. The molecule has 4 nitrogen and oxygen atoms in total. The second-order valence-electron chi connectivity index (χ2n) is 9.05. The average Bonchev–Trinajstić information content (AvgIpc) is 2.90. The molecule has 0 saturated heterocycles. The van der Waals surface area contributed by atoms with E-state index in [2.05, 4.69) is 19.9 Å². The fraction of sp³-hybridized carbons (Fsp3) is 0.591. The highest BCUT2D eigenvalue weighted by Gasteiger charge is 2.53. The van der Waals surface area contributed by atoms with E-state index in [0.29, 0.717) is 23.8 Å². The molecule has 3 rings (SSSR count). The molecule has 30 heavy (non-hydrogen) atoms. The summed E-state index contributed by atoms with van der Waals surface area (Å²) in [5.41, 5.74) is 7.44. The maximum atomic E-state index is 13.7. The summed E-state index contributed by atoms with van der Waals surface area (Å²) in [7, 11) is 0. The number of alkyl halides is 3. The molecule has 2 aliphatic carbocycles. The molecular weight excluding hydrogens is 411 g/mol. The van der Waals surface area contributed by atoms with E-state index in [1.807, 2.05) is 6.07 Å². The van der Waals surface area contributed by atoms with E-state index in [9.17, 15) is 23.2 Å². The molecular formula is C22H26F3N3OS. The topological polar surface area (TPSA) is 70.1 Å². The SMILES string of the molecule is CC1CC(C)CC2(Cc3ccc(C#N)cc3C2C(=O)N(CCC(F)(F)F)C(N)=S)C1. The quantitative estimate of drug-likeness (QED) is 0.698. The van der Waals surface area contributed by atoms with E-state index in [-0.39, 0.29) is 5.11 Å². The van der Waals surface area contributed by atoms with Crippen molar-refractivity contribution in [3.8, 4) is 6.07 Å². The van der Waals surface area contributed by atoms with Crippen molar-refractivity contribution in [1.29, 1.82) is 5.26 Å². The molecule has 0 heterocycles. The predicted molar refractivity (Wildman–Crippen MR) is 111 cm³/mol. The molecule has 0 radical (unpaired) electrons. The fourth-order valence-corrected chi connectivity index (χ4v) is 5.91. The van der Waals surface area contributed by atoms with E-state index in [1.165, 1.54) is 0 Å². The summed E-state index contributed by atoms with van der Waals surface area (Å²) in [6.07, 6.45) is -2.27. The van der Waals surface area contributed by atoms with Gasteiger partial charge in [-0.3, -0.25) is 9.69 Å². The minimum atomic E-state index is -4.42. The molecule has 3 atom stereocenters. The number of nitriles is 1. The number of fused-ring (bicyclic) bond motifs is 1. The zero-order valence-corrected chi connectivity index (χ0v) is 17.9. The van der Waals surface area contributed by atoms with E-state index in [0.717, 1.165) is 35.3 Å². The molecule has 1 spiro atoms. The van der Waals surface area contributed by atoms with Crippen LogP contribution < -0.4 is 5.73 Å². The number of nitrogens with zero attached hydrogens (tertiary/aromatic N) is 2. The Hall–Kier alpha value is -2.14. The van der Waals surface area contributed by atoms with E-state index < -0.39 is 36.4 Å². The van der Waals surface area contributed by atoms with Crippen molar-refractivity contribution in [3.05, 3.63) is 34.9 Å². The molecule has 162 valence electrons. The first kappa shape index (κ1) is 22.5. The summed E-state index contributed by atoms with van der Waals surface area (Å²) >= 11 is 4.96. The Balaban J connectivity index is 2.05. The summed E-state index contributed by atoms with van der Waals surface area (Å²) in [5, 5.41) is 8.99. The summed E-state index contributed by atoms with van der Waals surface area (Å²) in [4.78, 5) is 14.6. The molecule has 1 amide bonds. The lowest BCUT2D eigenvalue weighted by molar-refractivity contribution is -0.143. The number of halogens is 3. The molecule has 0 bridgehead atoms. The van der Waals surface area contributed by atoms with Crippen LogP contribution in [0.5, 0.6) is 0 Å². The largest absolute Gasteiger partial charge is 0.390 e. The van der Waals surface area contributed by atoms with Crippen LogP contribution in [-0.2, 0) is 11.2 Å². The lowest BCUT2D eigenvalue weighted by Crippen LogP contribution is -2.49. The van der Waals surface area contributed by atoms with Crippen molar-refractivity contribution in [2.24, 2.45) is 23.0 Å². The second kappa shape index (κ2) is 8.18. The second-order valence-corrected chi connectivity index (χ2v) is 9.46. The minimum absolute atomic E-state index is 0.346. The number of amides is 1. The number of hydrogen-bond donors (Lipinski definition) is 1. The van der Waals surface area contributed by atoms with Crippen LogP contribution in [0, 0.1) is 28.6 Å². The van der Waals surface area contributed by atoms with Crippen LogP contribution in [0.4, 0.5) is 13.2 Å². The number of benzene rings is 1. The number of carbonyl (C=O) groups excluding carboxylic acids is 1. The summed E-state index contributed by atoms with van der Waals surface area (Å²) in [6.45, 7) is 3.71. The smallest absolute Gasteiger partial charge is 0.376 e. The lowest BCUT2D eigenvalue weighted by atomic mass is 9.60. The molecule has 1 fully saturated rings. The van der Waals surface area contributed by atoms with Crippen LogP contribution in [0.1, 0.15) is 62.1 Å². The van der Waals surface area contributed by atoms with Crippen LogP contribution in [0.15, 0.2) is 18.2 Å². The van der Waals surface area contributed by atoms with E-state index >= 15 is 0 Å². The van der Waals surface area contributed by atoms with Crippen molar-refractivity contribution in [2.45, 2.75) is 58.0 Å². The lowest BCUT2D eigenvalue weighted by Gasteiger charge is -2.45. The van der Waals surface area contributed by atoms with Gasteiger partial charge >= 0.3 is 6.18 Å². The van der Waals surface area contributed by atoms with Gasteiger partial charge in [-0.15, -0.1) is 0 Å². The molecule has 3 unspecified atom stereocenters. The molecule has 1 saturated carbocycles. The van der Waals surface area contributed by atoms with Crippen molar-refractivity contribution >= 4 is 23.2 Å². The standard InChI is InChI=1S/C22H26F3N3OS/c1-13-7-14(2)10-21(9-13)11-16-4-3-15(12-26)8-17(16)18(21)19(29)28(20(27)30)6-5-22(23,24)25/h3-4,8,13-14,18H,5-7,9-11H2,1-2H3,(H2,27,30). The van der Waals surface area contributed by atoms with Crippen molar-refractivity contribution in [2.75, 3.05) is 6.54 Å². The normalized spacial score (nSPS) is 28.1. The third kappa shape index (κ3) is 4.46. The summed E-state index contributed by atoms with van der Waals surface area (Å²) in [6, 6.07) is 7.40. The van der Waals surface area contributed by atoms with Crippen LogP contribution in [0.25, 0.3) is 0 Å². The number of thiocarbonyl (C=S) groups is 1. The highest BCUT2D eigenvalue weighted by Crippen LogP contribution is 2.58. The van der Waals surface area contributed by atoms with Crippen LogP contribution in [0.2, 0.25) is 0 Å². The first-order valence-electron chi connectivity index (χ1n) is 10.2. The number of rotatable bonds is 3. The molecule has 1 aromatic carbocycles. The van der Waals surface area contributed by atoms with Gasteiger partial charge in [0.05, 0.1) is 24.0 Å². The van der Waals surface area contributed by atoms with Gasteiger partial charge in [0.25, 0.3) is 0 Å². The van der Waals surface area contributed by atoms with Gasteiger partial charge in [0.15, 0.2) is 5.11 Å². The van der Waals surface area contributed by atoms with Crippen molar-refractivity contribution in [1.82, 2.24) is 4.90 Å². The number of nitrogens with two attached hydrogens (primary N) is 1. The molecule has 2 aliphatic rings. The molecule has 1 aromatic rings. The first-order chi connectivity index (χ1) is 14.0.